The summed E-state index contributed by atoms with van der Waals surface area (Å²) in [5, 5.41) is 2.93. The second-order valence-electron chi connectivity index (χ2n) is 4.10. The van der Waals surface area contributed by atoms with Crippen LogP contribution in [0.1, 0.15) is 41.6 Å². The summed E-state index contributed by atoms with van der Waals surface area (Å²) in [7, 11) is 1.29. The summed E-state index contributed by atoms with van der Waals surface area (Å²) >= 11 is 2.16. The second-order valence-corrected chi connectivity index (χ2v) is 6.18. The van der Waals surface area contributed by atoms with Gasteiger partial charge in [0, 0.05) is 0 Å². The molecule has 0 aliphatic carbocycles. The van der Waals surface area contributed by atoms with Crippen LogP contribution in [-0.4, -0.2) is 29.8 Å². The van der Waals surface area contributed by atoms with Crippen molar-refractivity contribution in [2.45, 2.75) is 13.8 Å². The number of ether oxygens (including phenoxy) is 1. The van der Waals surface area contributed by atoms with Gasteiger partial charge in [0.25, 0.3) is 5.91 Å². The summed E-state index contributed by atoms with van der Waals surface area (Å²) in [6.45, 7) is 3.11. The SMILES string of the molecule is COC(=O)c1sc(NC(=O)c2ccc(C(C)=O)s2)nc1C. The number of thiophene rings is 1. The third-order valence-electron chi connectivity index (χ3n) is 2.56. The monoisotopic (exact) mass is 324 g/mol. The molecule has 6 nitrogen and oxygen atoms in total. The van der Waals surface area contributed by atoms with Gasteiger partial charge >= 0.3 is 5.97 Å². The number of ketones is 1. The first-order valence-corrected chi connectivity index (χ1v) is 7.53. The molecule has 0 atom stereocenters. The number of Topliss-reactive ketones (excluding diaryl/α,β-unsaturated/α-hetero) is 1. The van der Waals surface area contributed by atoms with Crippen LogP contribution in [0.3, 0.4) is 0 Å². The third kappa shape index (κ3) is 3.34. The largest absolute Gasteiger partial charge is 0.465 e. The minimum Gasteiger partial charge on any atom is -0.465 e. The number of rotatable bonds is 4. The first-order valence-electron chi connectivity index (χ1n) is 5.90. The molecule has 0 aliphatic heterocycles. The Hall–Kier alpha value is -2.06. The van der Waals surface area contributed by atoms with E-state index in [-0.39, 0.29) is 11.7 Å². The normalized spacial score (nSPS) is 10.2. The molecule has 2 aromatic rings. The Morgan fingerprint density at radius 1 is 1.19 bits per heavy atom. The Morgan fingerprint density at radius 3 is 2.43 bits per heavy atom. The molecule has 8 heteroatoms. The number of anilines is 1. The van der Waals surface area contributed by atoms with Crippen LogP contribution < -0.4 is 5.32 Å². The molecule has 0 saturated carbocycles. The Balaban J connectivity index is 2.15. The van der Waals surface area contributed by atoms with Crippen molar-refractivity contribution in [2.24, 2.45) is 0 Å². The van der Waals surface area contributed by atoms with Gasteiger partial charge in [0.1, 0.15) is 4.88 Å². The number of hydrogen-bond acceptors (Lipinski definition) is 7. The lowest BCUT2D eigenvalue weighted by molar-refractivity contribution is 0.0605. The van der Waals surface area contributed by atoms with Crippen molar-refractivity contribution in [3.05, 3.63) is 32.5 Å². The van der Waals surface area contributed by atoms with E-state index in [0.717, 1.165) is 22.7 Å². The van der Waals surface area contributed by atoms with Crippen molar-refractivity contribution >= 4 is 45.5 Å². The lowest BCUT2D eigenvalue weighted by Gasteiger charge is -1.97. The lowest BCUT2D eigenvalue weighted by Crippen LogP contribution is -2.09. The summed E-state index contributed by atoms with van der Waals surface area (Å²) in [4.78, 5) is 40.1. The van der Waals surface area contributed by atoms with Crippen molar-refractivity contribution in [1.82, 2.24) is 4.98 Å². The number of aromatic nitrogens is 1. The molecule has 0 fully saturated rings. The minimum atomic E-state index is -0.486. The van der Waals surface area contributed by atoms with Crippen LogP contribution in [0.25, 0.3) is 0 Å². The number of hydrogen-bond donors (Lipinski definition) is 1. The summed E-state index contributed by atoms with van der Waals surface area (Å²) < 4.78 is 4.63. The molecule has 0 bridgehead atoms. The predicted octanol–water partition coefficient (Wildman–Crippen LogP) is 2.75. The summed E-state index contributed by atoms with van der Waals surface area (Å²) in [5.41, 5.74) is 0.498. The fraction of sp³-hybridized carbons (Fsp3) is 0.231. The second kappa shape index (κ2) is 6.15. The molecule has 2 heterocycles. The van der Waals surface area contributed by atoms with Gasteiger partial charge in [-0.15, -0.1) is 11.3 Å². The van der Waals surface area contributed by atoms with E-state index in [1.807, 2.05) is 0 Å². The van der Waals surface area contributed by atoms with Crippen LogP contribution >= 0.6 is 22.7 Å². The van der Waals surface area contributed by atoms with Crippen molar-refractivity contribution < 1.29 is 19.1 Å². The van der Waals surface area contributed by atoms with E-state index < -0.39 is 5.97 Å². The Labute approximate surface area is 128 Å². The van der Waals surface area contributed by atoms with Crippen molar-refractivity contribution in [1.29, 1.82) is 0 Å². The summed E-state index contributed by atoms with van der Waals surface area (Å²) in [5.74, 6) is -0.935. The highest BCUT2D eigenvalue weighted by molar-refractivity contribution is 7.18. The van der Waals surface area contributed by atoms with E-state index in [0.29, 0.717) is 25.5 Å². The van der Waals surface area contributed by atoms with E-state index in [1.165, 1.54) is 14.0 Å². The highest BCUT2D eigenvalue weighted by atomic mass is 32.1. The minimum absolute atomic E-state index is 0.0860. The first kappa shape index (κ1) is 15.3. The number of aryl methyl sites for hydroxylation is 1. The molecule has 0 aliphatic rings. The molecule has 0 radical (unpaired) electrons. The zero-order chi connectivity index (χ0) is 15.6. The van der Waals surface area contributed by atoms with Crippen LogP contribution in [-0.2, 0) is 4.74 Å². The average Bonchev–Trinajstić information content (AvgIpc) is 3.05. The Morgan fingerprint density at radius 2 is 1.86 bits per heavy atom. The van der Waals surface area contributed by atoms with Crippen LogP contribution in [0.15, 0.2) is 12.1 Å². The number of methoxy groups -OCH3 is 1. The van der Waals surface area contributed by atoms with E-state index in [4.69, 9.17) is 0 Å². The number of nitrogens with zero attached hydrogens (tertiary/aromatic N) is 1. The molecule has 0 saturated heterocycles. The summed E-state index contributed by atoms with van der Waals surface area (Å²) in [6.07, 6.45) is 0. The number of thiazole rings is 1. The number of esters is 1. The van der Waals surface area contributed by atoms with Gasteiger partial charge in [-0.25, -0.2) is 9.78 Å². The highest BCUT2D eigenvalue weighted by Crippen LogP contribution is 2.25. The third-order valence-corrected chi connectivity index (χ3v) is 4.80. The standard InChI is InChI=1S/C13H12N2O4S2/c1-6-10(12(18)19-3)21-13(14-6)15-11(17)9-5-4-8(20-9)7(2)16/h4-5H,1-3H3,(H,14,15,17). The van der Waals surface area contributed by atoms with E-state index >= 15 is 0 Å². The van der Waals surface area contributed by atoms with E-state index in [1.54, 1.807) is 19.1 Å². The van der Waals surface area contributed by atoms with Gasteiger partial charge < -0.3 is 4.74 Å². The molecule has 0 aromatic carbocycles. The zero-order valence-corrected chi connectivity index (χ0v) is 13.2. The van der Waals surface area contributed by atoms with Crippen LogP contribution in [0.4, 0.5) is 5.13 Å². The maximum atomic E-state index is 12.0. The van der Waals surface area contributed by atoms with Crippen LogP contribution in [0.5, 0.6) is 0 Å². The zero-order valence-electron chi connectivity index (χ0n) is 11.6. The predicted molar refractivity (Wildman–Crippen MR) is 80.5 cm³/mol. The van der Waals surface area contributed by atoms with Crippen LogP contribution in [0.2, 0.25) is 0 Å². The van der Waals surface area contributed by atoms with Gasteiger partial charge in [-0.3, -0.25) is 14.9 Å². The highest BCUT2D eigenvalue weighted by Gasteiger charge is 2.18. The number of amides is 1. The van der Waals surface area contributed by atoms with Gasteiger partial charge in [-0.05, 0) is 26.0 Å². The number of carbonyl (C=O) groups excluding carboxylic acids is 3. The summed E-state index contributed by atoms with van der Waals surface area (Å²) in [6, 6.07) is 3.19. The fourth-order valence-corrected chi connectivity index (χ4v) is 3.22. The van der Waals surface area contributed by atoms with Gasteiger partial charge in [0.15, 0.2) is 10.9 Å². The van der Waals surface area contributed by atoms with Gasteiger partial charge in [-0.2, -0.15) is 0 Å². The molecule has 0 unspecified atom stereocenters. The number of nitrogens with one attached hydrogen (secondary N) is 1. The van der Waals surface area contributed by atoms with Crippen LogP contribution in [0, 0.1) is 6.92 Å². The number of carbonyl (C=O) groups is 3. The van der Waals surface area contributed by atoms with E-state index in [9.17, 15) is 14.4 Å². The first-order chi connectivity index (χ1) is 9.92. The van der Waals surface area contributed by atoms with Crippen molar-refractivity contribution in [3.63, 3.8) is 0 Å². The molecule has 2 rings (SSSR count). The van der Waals surface area contributed by atoms with Gasteiger partial charge in [0.2, 0.25) is 0 Å². The molecule has 1 N–H and O–H groups in total. The topological polar surface area (TPSA) is 85.4 Å². The maximum Gasteiger partial charge on any atom is 0.350 e. The molecule has 21 heavy (non-hydrogen) atoms. The quantitative estimate of drug-likeness (QED) is 0.690. The lowest BCUT2D eigenvalue weighted by atomic mass is 10.3. The van der Waals surface area contributed by atoms with Crippen molar-refractivity contribution in [3.8, 4) is 0 Å². The van der Waals surface area contributed by atoms with Crippen molar-refractivity contribution in [2.75, 3.05) is 12.4 Å². The Bertz CT molecular complexity index is 718. The molecule has 0 spiro atoms. The molecular weight excluding hydrogens is 312 g/mol. The van der Waals surface area contributed by atoms with E-state index in [2.05, 4.69) is 15.0 Å². The van der Waals surface area contributed by atoms with Gasteiger partial charge in [0.05, 0.1) is 22.6 Å². The molecule has 2 aromatic heterocycles. The molecule has 110 valence electrons. The Kier molecular flexibility index (Phi) is 4.49. The average molecular weight is 324 g/mol. The fourth-order valence-electron chi connectivity index (χ4n) is 1.54. The van der Waals surface area contributed by atoms with Gasteiger partial charge in [-0.1, -0.05) is 11.3 Å². The maximum absolute atomic E-state index is 12.0. The molecule has 1 amide bonds. The smallest absolute Gasteiger partial charge is 0.350 e. The molecular formula is C13H12N2O4S2.